The lowest BCUT2D eigenvalue weighted by Crippen LogP contribution is -2.24. The molecule has 16 heavy (non-hydrogen) atoms. The molecule has 1 saturated carbocycles. The number of halogens is 2. The minimum atomic E-state index is -0.601. The lowest BCUT2D eigenvalue weighted by molar-refractivity contribution is 0.366. The van der Waals surface area contributed by atoms with E-state index in [2.05, 4.69) is 0 Å². The van der Waals surface area contributed by atoms with Crippen LogP contribution in [0.2, 0.25) is 5.02 Å². The highest BCUT2D eigenvalue weighted by atomic mass is 35.5. The molecule has 2 rings (SSSR count). The van der Waals surface area contributed by atoms with E-state index in [0.29, 0.717) is 12.0 Å². The van der Waals surface area contributed by atoms with Gasteiger partial charge in [0.05, 0.1) is 12.1 Å². The van der Waals surface area contributed by atoms with Gasteiger partial charge in [-0.3, -0.25) is 0 Å². The first-order valence-corrected chi connectivity index (χ1v) is 5.37. The first-order chi connectivity index (χ1) is 7.47. The molecule has 5 heteroatoms. The maximum Gasteiger partial charge on any atom is 0.163 e. The fourth-order valence-electron chi connectivity index (χ4n) is 1.65. The molecule has 0 aromatic heterocycles. The second kappa shape index (κ2) is 3.79. The number of hydrogen-bond acceptors (Lipinski definition) is 3. The normalized spacial score (nSPS) is 17.2. The van der Waals surface area contributed by atoms with Crippen LogP contribution >= 0.6 is 11.6 Å². The van der Waals surface area contributed by atoms with Gasteiger partial charge in [-0.15, -0.1) is 0 Å². The smallest absolute Gasteiger partial charge is 0.163 e. The third-order valence-electron chi connectivity index (χ3n) is 2.89. The van der Waals surface area contributed by atoms with Gasteiger partial charge in [-0.1, -0.05) is 11.6 Å². The Labute approximate surface area is 98.0 Å². The Kier molecular flexibility index (Phi) is 2.72. The predicted octanol–water partition coefficient (Wildman–Crippen LogP) is 2.23. The van der Waals surface area contributed by atoms with Crippen molar-refractivity contribution in [2.75, 3.05) is 7.11 Å². The van der Waals surface area contributed by atoms with Crippen LogP contribution in [0.1, 0.15) is 18.4 Å². The average Bonchev–Trinajstić information content (AvgIpc) is 2.97. The molecule has 88 valence electrons. The summed E-state index contributed by atoms with van der Waals surface area (Å²) in [6, 6.07) is 1.07. The van der Waals surface area contributed by atoms with E-state index in [1.54, 1.807) is 0 Å². The summed E-state index contributed by atoms with van der Waals surface area (Å²) < 4.78 is 18.3. The largest absolute Gasteiger partial charge is 0.504 e. The van der Waals surface area contributed by atoms with Crippen molar-refractivity contribution >= 4 is 11.6 Å². The summed E-state index contributed by atoms with van der Waals surface area (Å²) in [6.45, 7) is 0. The van der Waals surface area contributed by atoms with Crippen LogP contribution in [0.5, 0.6) is 11.5 Å². The van der Waals surface area contributed by atoms with Gasteiger partial charge in [-0.05, 0) is 19.3 Å². The monoisotopic (exact) mass is 245 g/mol. The van der Waals surface area contributed by atoms with Crippen molar-refractivity contribution in [3.05, 3.63) is 22.5 Å². The molecule has 0 heterocycles. The van der Waals surface area contributed by atoms with Crippen molar-refractivity contribution in [3.63, 3.8) is 0 Å². The highest BCUT2D eigenvalue weighted by Crippen LogP contribution is 2.43. The van der Waals surface area contributed by atoms with Crippen LogP contribution < -0.4 is 10.5 Å². The summed E-state index contributed by atoms with van der Waals surface area (Å²) in [5.41, 5.74) is 5.91. The molecule has 0 radical (unpaired) electrons. The van der Waals surface area contributed by atoms with E-state index >= 15 is 0 Å². The quantitative estimate of drug-likeness (QED) is 0.859. The Morgan fingerprint density at radius 1 is 1.62 bits per heavy atom. The van der Waals surface area contributed by atoms with Crippen LogP contribution in [0.3, 0.4) is 0 Å². The molecule has 0 bridgehead atoms. The number of nitrogens with two attached hydrogens (primary N) is 1. The number of methoxy groups -OCH3 is 1. The van der Waals surface area contributed by atoms with Gasteiger partial charge >= 0.3 is 0 Å². The fourth-order valence-corrected chi connectivity index (χ4v) is 1.86. The van der Waals surface area contributed by atoms with Gasteiger partial charge in [0.2, 0.25) is 0 Å². The van der Waals surface area contributed by atoms with Gasteiger partial charge in [-0.25, -0.2) is 4.39 Å². The topological polar surface area (TPSA) is 55.5 Å². The second-order valence-electron chi connectivity index (χ2n) is 4.24. The number of benzene rings is 1. The zero-order chi connectivity index (χ0) is 11.9. The third kappa shape index (κ3) is 1.95. The van der Waals surface area contributed by atoms with E-state index in [1.165, 1.54) is 7.11 Å². The van der Waals surface area contributed by atoms with Gasteiger partial charge in [0.15, 0.2) is 11.5 Å². The van der Waals surface area contributed by atoms with E-state index < -0.39 is 5.82 Å². The van der Waals surface area contributed by atoms with Crippen LogP contribution in [0.25, 0.3) is 0 Å². The molecule has 1 aromatic carbocycles. The summed E-state index contributed by atoms with van der Waals surface area (Å²) in [7, 11) is 1.36. The van der Waals surface area contributed by atoms with Gasteiger partial charge in [-0.2, -0.15) is 0 Å². The number of phenolic OH excluding ortho intramolecular Hbond substituents is 1. The number of phenols is 1. The average molecular weight is 246 g/mol. The Balaban J connectivity index is 2.44. The highest BCUT2D eigenvalue weighted by Gasteiger charge is 2.40. The zero-order valence-electron chi connectivity index (χ0n) is 8.89. The van der Waals surface area contributed by atoms with Crippen LogP contribution in [-0.2, 0) is 6.42 Å². The maximum atomic E-state index is 13.4. The molecular formula is C11H13ClFNO2. The van der Waals surface area contributed by atoms with Gasteiger partial charge in [0.25, 0.3) is 0 Å². The first-order valence-electron chi connectivity index (χ1n) is 4.99. The lowest BCUT2D eigenvalue weighted by Gasteiger charge is -2.14. The summed E-state index contributed by atoms with van der Waals surface area (Å²) in [5, 5.41) is 9.78. The Hall–Kier alpha value is -1.00. The summed E-state index contributed by atoms with van der Waals surface area (Å²) >= 11 is 5.82. The van der Waals surface area contributed by atoms with E-state index in [9.17, 15) is 9.50 Å². The molecule has 0 spiro atoms. The van der Waals surface area contributed by atoms with E-state index in [1.807, 2.05) is 0 Å². The SMILES string of the molecule is COc1cc(F)c(Cl)c(CC2(N)CC2)c1O. The Morgan fingerprint density at radius 3 is 2.75 bits per heavy atom. The van der Waals surface area contributed by atoms with Gasteiger partial charge in [0.1, 0.15) is 5.82 Å². The summed E-state index contributed by atoms with van der Waals surface area (Å²) in [6.07, 6.45) is 2.09. The van der Waals surface area contributed by atoms with Crippen LogP contribution in [-0.4, -0.2) is 17.8 Å². The minimum absolute atomic E-state index is 0.0741. The molecule has 0 atom stereocenters. The standard InChI is InChI=1S/C11H13ClFNO2/c1-16-8-4-7(13)9(12)6(10(8)15)5-11(14)2-3-11/h4,15H,2-3,5,14H2,1H3. The predicted molar refractivity (Wildman–Crippen MR) is 59.5 cm³/mol. The molecule has 0 unspecified atom stereocenters. The molecule has 1 fully saturated rings. The molecule has 0 aliphatic heterocycles. The molecule has 3 nitrogen and oxygen atoms in total. The number of aromatic hydroxyl groups is 1. The van der Waals surface area contributed by atoms with Gasteiger partial charge < -0.3 is 15.6 Å². The first kappa shape index (κ1) is 11.5. The molecule has 3 N–H and O–H groups in total. The third-order valence-corrected chi connectivity index (χ3v) is 3.30. The van der Waals surface area contributed by atoms with Crippen LogP contribution in [0.4, 0.5) is 4.39 Å². The molecular weight excluding hydrogens is 233 g/mol. The Morgan fingerprint density at radius 2 is 2.25 bits per heavy atom. The fraction of sp³-hybridized carbons (Fsp3) is 0.455. The molecule has 0 amide bonds. The Bertz CT molecular complexity index is 432. The van der Waals surface area contributed by atoms with E-state index in [0.717, 1.165) is 18.9 Å². The van der Waals surface area contributed by atoms with Crippen molar-refractivity contribution < 1.29 is 14.2 Å². The van der Waals surface area contributed by atoms with Crippen LogP contribution in [0, 0.1) is 5.82 Å². The van der Waals surface area contributed by atoms with Crippen molar-refractivity contribution in [1.82, 2.24) is 0 Å². The molecule has 1 aliphatic rings. The van der Waals surface area contributed by atoms with E-state index in [4.69, 9.17) is 22.1 Å². The van der Waals surface area contributed by atoms with Crippen molar-refractivity contribution in [2.45, 2.75) is 24.8 Å². The highest BCUT2D eigenvalue weighted by molar-refractivity contribution is 6.31. The minimum Gasteiger partial charge on any atom is -0.504 e. The second-order valence-corrected chi connectivity index (χ2v) is 4.62. The molecule has 1 aromatic rings. The van der Waals surface area contributed by atoms with Crippen molar-refractivity contribution in [1.29, 1.82) is 0 Å². The summed E-state index contributed by atoms with van der Waals surface area (Å²) in [4.78, 5) is 0. The van der Waals surface area contributed by atoms with E-state index in [-0.39, 0.29) is 22.1 Å². The summed E-state index contributed by atoms with van der Waals surface area (Å²) in [5.74, 6) is -0.637. The number of rotatable bonds is 3. The van der Waals surface area contributed by atoms with Crippen molar-refractivity contribution in [3.8, 4) is 11.5 Å². The van der Waals surface area contributed by atoms with Gasteiger partial charge in [0, 0.05) is 17.2 Å². The lowest BCUT2D eigenvalue weighted by atomic mass is 10.0. The maximum absolute atomic E-state index is 13.4. The molecule has 0 saturated heterocycles. The number of hydrogen-bond donors (Lipinski definition) is 2. The van der Waals surface area contributed by atoms with Crippen molar-refractivity contribution in [2.24, 2.45) is 5.73 Å². The molecule has 1 aliphatic carbocycles. The number of ether oxygens (including phenoxy) is 1. The van der Waals surface area contributed by atoms with Crippen LogP contribution in [0.15, 0.2) is 6.07 Å². The zero-order valence-corrected chi connectivity index (χ0v) is 9.64.